The number of likely N-dealkylation sites (tertiary alicyclic amines) is 1. The first-order valence-electron chi connectivity index (χ1n) is 10.2. The second-order valence-electron chi connectivity index (χ2n) is 8.72. The zero-order valence-electron chi connectivity index (χ0n) is 18.1. The quantitative estimate of drug-likeness (QED) is 0.650. The smallest absolute Gasteiger partial charge is 0.410 e. The number of aromatic nitrogens is 2. The number of benzene rings is 1. The molecular formula is C23H24FN5O3. The second-order valence-corrected chi connectivity index (χ2v) is 8.72. The summed E-state index contributed by atoms with van der Waals surface area (Å²) in [7, 11) is 0. The number of nitrogens with zero attached hydrogens (tertiary/aromatic N) is 3. The molecule has 0 bridgehead atoms. The summed E-state index contributed by atoms with van der Waals surface area (Å²) in [6.07, 6.45) is 0.998. The molecule has 0 spiro atoms. The Morgan fingerprint density at radius 2 is 1.97 bits per heavy atom. The maximum Gasteiger partial charge on any atom is 0.410 e. The molecule has 3 aromatic rings. The summed E-state index contributed by atoms with van der Waals surface area (Å²) < 4.78 is 18.9. The van der Waals surface area contributed by atoms with Gasteiger partial charge in [0, 0.05) is 30.2 Å². The number of hydrogen-bond donors (Lipinski definition) is 2. The van der Waals surface area contributed by atoms with E-state index in [0.29, 0.717) is 40.8 Å². The van der Waals surface area contributed by atoms with Crippen LogP contribution in [0, 0.1) is 5.82 Å². The molecule has 1 aliphatic heterocycles. The summed E-state index contributed by atoms with van der Waals surface area (Å²) in [6, 6.07) is 9.31. The highest BCUT2D eigenvalue weighted by atomic mass is 19.1. The van der Waals surface area contributed by atoms with Crippen LogP contribution in [0.2, 0.25) is 0 Å². The van der Waals surface area contributed by atoms with Crippen molar-refractivity contribution < 1.29 is 18.7 Å². The van der Waals surface area contributed by atoms with E-state index in [1.807, 2.05) is 0 Å². The monoisotopic (exact) mass is 437 g/mol. The number of nitrogens with one attached hydrogen (secondary N) is 1. The van der Waals surface area contributed by atoms with Crippen LogP contribution < -0.4 is 11.1 Å². The number of carbonyl (C=O) groups is 2. The lowest BCUT2D eigenvalue weighted by Gasteiger charge is -2.39. The second kappa shape index (κ2) is 8.07. The molecule has 2 amide bonds. The minimum Gasteiger partial charge on any atom is -0.444 e. The van der Waals surface area contributed by atoms with E-state index in [-0.39, 0.29) is 23.6 Å². The fraction of sp³-hybridized carbons (Fsp3) is 0.304. The Morgan fingerprint density at radius 3 is 2.66 bits per heavy atom. The van der Waals surface area contributed by atoms with Crippen LogP contribution in [0.3, 0.4) is 0 Å². The van der Waals surface area contributed by atoms with Crippen molar-refractivity contribution in [2.75, 3.05) is 18.8 Å². The summed E-state index contributed by atoms with van der Waals surface area (Å²) in [4.78, 5) is 35.1. The molecule has 1 aromatic carbocycles. The van der Waals surface area contributed by atoms with Crippen LogP contribution in [-0.2, 0) is 4.74 Å². The van der Waals surface area contributed by atoms with E-state index in [1.165, 1.54) is 23.2 Å². The molecule has 0 unspecified atom stereocenters. The third-order valence-electron chi connectivity index (χ3n) is 4.99. The van der Waals surface area contributed by atoms with Crippen LogP contribution in [0.5, 0.6) is 0 Å². The largest absolute Gasteiger partial charge is 0.444 e. The molecule has 32 heavy (non-hydrogen) atoms. The Balaban J connectivity index is 1.50. The SMILES string of the molecule is CC(C)(C)OC(=O)N1CC(NC(=O)c2cnc(N)c3nc(-c4cccc(F)c4)ccc23)C1. The molecule has 0 aliphatic carbocycles. The Bertz CT molecular complexity index is 1200. The van der Waals surface area contributed by atoms with Gasteiger partial charge in [0.05, 0.1) is 17.3 Å². The summed E-state index contributed by atoms with van der Waals surface area (Å²) in [5, 5.41) is 3.44. The lowest BCUT2D eigenvalue weighted by Crippen LogP contribution is -2.61. The number of pyridine rings is 2. The number of halogens is 1. The molecule has 1 aliphatic rings. The first-order valence-corrected chi connectivity index (χ1v) is 10.2. The lowest BCUT2D eigenvalue weighted by molar-refractivity contribution is 0.00533. The first-order chi connectivity index (χ1) is 15.1. The van der Waals surface area contributed by atoms with Gasteiger partial charge in [-0.1, -0.05) is 12.1 Å². The highest BCUT2D eigenvalue weighted by Crippen LogP contribution is 2.26. The van der Waals surface area contributed by atoms with Gasteiger partial charge in [-0.2, -0.15) is 0 Å². The number of fused-ring (bicyclic) bond motifs is 1. The predicted molar refractivity (Wildman–Crippen MR) is 118 cm³/mol. The van der Waals surface area contributed by atoms with Gasteiger partial charge in [0.2, 0.25) is 0 Å². The molecule has 0 atom stereocenters. The van der Waals surface area contributed by atoms with Gasteiger partial charge in [0.1, 0.15) is 22.8 Å². The van der Waals surface area contributed by atoms with Gasteiger partial charge in [-0.05, 0) is 45.0 Å². The topological polar surface area (TPSA) is 110 Å². The molecule has 4 rings (SSSR count). The number of rotatable bonds is 3. The Hall–Kier alpha value is -3.75. The molecule has 166 valence electrons. The summed E-state index contributed by atoms with van der Waals surface area (Å²) >= 11 is 0. The molecule has 3 heterocycles. The Kier molecular flexibility index (Phi) is 5.41. The maximum atomic E-state index is 13.6. The van der Waals surface area contributed by atoms with Crippen LogP contribution in [0.4, 0.5) is 15.0 Å². The van der Waals surface area contributed by atoms with Crippen LogP contribution in [0.25, 0.3) is 22.2 Å². The minimum atomic E-state index is -0.572. The number of hydrogen-bond acceptors (Lipinski definition) is 6. The van der Waals surface area contributed by atoms with E-state index in [2.05, 4.69) is 15.3 Å². The number of nitrogens with two attached hydrogens (primary N) is 1. The number of nitrogen functional groups attached to an aromatic ring is 1. The van der Waals surface area contributed by atoms with E-state index >= 15 is 0 Å². The zero-order valence-corrected chi connectivity index (χ0v) is 18.1. The van der Waals surface area contributed by atoms with Crippen molar-refractivity contribution >= 4 is 28.7 Å². The molecule has 8 nitrogen and oxygen atoms in total. The highest BCUT2D eigenvalue weighted by Gasteiger charge is 2.35. The van der Waals surface area contributed by atoms with Crippen LogP contribution in [0.1, 0.15) is 31.1 Å². The molecule has 1 fully saturated rings. The van der Waals surface area contributed by atoms with Crippen molar-refractivity contribution in [3.8, 4) is 11.3 Å². The van der Waals surface area contributed by atoms with Crippen molar-refractivity contribution in [1.29, 1.82) is 0 Å². The Morgan fingerprint density at radius 1 is 1.22 bits per heavy atom. The number of carbonyl (C=O) groups excluding carboxylic acids is 2. The van der Waals surface area contributed by atoms with Crippen molar-refractivity contribution in [3.05, 3.63) is 54.0 Å². The standard InChI is InChI=1S/C23H24FN5O3/c1-23(2,3)32-22(31)29-11-15(12-29)27-21(30)17-10-26-20(25)19-16(17)7-8-18(28-19)13-5-4-6-14(24)9-13/h4-10,15H,11-12H2,1-3H3,(H2,25,26)(H,27,30). The summed E-state index contributed by atoms with van der Waals surface area (Å²) in [5.41, 5.74) is 7.24. The Labute approximate surface area is 184 Å². The predicted octanol–water partition coefficient (Wildman–Crippen LogP) is 3.37. The van der Waals surface area contributed by atoms with E-state index in [4.69, 9.17) is 10.5 Å². The normalized spacial score (nSPS) is 14.2. The van der Waals surface area contributed by atoms with Gasteiger partial charge < -0.3 is 20.7 Å². The van der Waals surface area contributed by atoms with E-state index in [0.717, 1.165) is 0 Å². The minimum absolute atomic E-state index is 0.176. The molecule has 2 aromatic heterocycles. The molecule has 9 heteroatoms. The fourth-order valence-electron chi connectivity index (χ4n) is 3.43. The number of amides is 2. The van der Waals surface area contributed by atoms with Gasteiger partial charge in [0.15, 0.2) is 0 Å². The average Bonchev–Trinajstić information content (AvgIpc) is 2.69. The highest BCUT2D eigenvalue weighted by molar-refractivity contribution is 6.08. The average molecular weight is 437 g/mol. The van der Waals surface area contributed by atoms with Crippen LogP contribution in [0.15, 0.2) is 42.6 Å². The fourth-order valence-corrected chi connectivity index (χ4v) is 3.43. The van der Waals surface area contributed by atoms with E-state index in [1.54, 1.807) is 45.0 Å². The van der Waals surface area contributed by atoms with E-state index < -0.39 is 11.7 Å². The van der Waals surface area contributed by atoms with Gasteiger partial charge in [-0.3, -0.25) is 4.79 Å². The van der Waals surface area contributed by atoms with Gasteiger partial charge in [-0.25, -0.2) is 19.2 Å². The van der Waals surface area contributed by atoms with Crippen molar-refractivity contribution in [3.63, 3.8) is 0 Å². The van der Waals surface area contributed by atoms with Gasteiger partial charge >= 0.3 is 6.09 Å². The summed E-state index contributed by atoms with van der Waals surface area (Å²) in [5.74, 6) is -0.532. The van der Waals surface area contributed by atoms with Crippen LogP contribution in [-0.4, -0.2) is 51.6 Å². The van der Waals surface area contributed by atoms with E-state index in [9.17, 15) is 14.0 Å². The van der Waals surface area contributed by atoms with Crippen molar-refractivity contribution in [1.82, 2.24) is 20.2 Å². The number of ether oxygens (including phenoxy) is 1. The molecule has 0 saturated carbocycles. The zero-order chi connectivity index (χ0) is 23.0. The molecule has 0 radical (unpaired) electrons. The van der Waals surface area contributed by atoms with Crippen molar-refractivity contribution in [2.45, 2.75) is 32.4 Å². The maximum absolute atomic E-state index is 13.6. The summed E-state index contributed by atoms with van der Waals surface area (Å²) in [6.45, 7) is 6.14. The number of anilines is 1. The first kappa shape index (κ1) is 21.5. The third kappa shape index (κ3) is 4.46. The third-order valence-corrected chi connectivity index (χ3v) is 4.99. The molecular weight excluding hydrogens is 413 g/mol. The molecule has 3 N–H and O–H groups in total. The van der Waals surface area contributed by atoms with Crippen molar-refractivity contribution in [2.24, 2.45) is 0 Å². The van der Waals surface area contributed by atoms with Gasteiger partial charge in [0.25, 0.3) is 5.91 Å². The lowest BCUT2D eigenvalue weighted by atomic mass is 10.1. The molecule has 1 saturated heterocycles. The van der Waals surface area contributed by atoms with Gasteiger partial charge in [-0.15, -0.1) is 0 Å². The van der Waals surface area contributed by atoms with Crippen LogP contribution >= 0.6 is 0 Å².